The van der Waals surface area contributed by atoms with Gasteiger partial charge in [-0.15, -0.1) is 12.8 Å². The Balaban J connectivity index is 0.00000158. The Hall–Kier alpha value is -3.33. The van der Waals surface area contributed by atoms with Gasteiger partial charge in [0.25, 0.3) is 0 Å². The molecule has 144 valence electrons. The number of nitrogens with zero attached hydrogens (tertiary/aromatic N) is 1. The Morgan fingerprint density at radius 2 is 1.96 bits per heavy atom. The third kappa shape index (κ3) is 9.07. The monoisotopic (exact) mass is 372 g/mol. The Morgan fingerprint density at radius 1 is 1.26 bits per heavy atom. The second-order valence-electron chi connectivity index (χ2n) is 4.67. The summed E-state index contributed by atoms with van der Waals surface area (Å²) in [4.78, 5) is 14.8. The van der Waals surface area contributed by atoms with E-state index in [4.69, 9.17) is 9.47 Å². The smallest absolute Gasteiger partial charge is 0.219 e. The van der Waals surface area contributed by atoms with Gasteiger partial charge in [0.15, 0.2) is 11.6 Å². The van der Waals surface area contributed by atoms with E-state index in [0.717, 1.165) is 5.56 Å². The van der Waals surface area contributed by atoms with Crippen molar-refractivity contribution >= 4 is 12.0 Å². The van der Waals surface area contributed by atoms with Crippen LogP contribution in [0.25, 0.3) is 6.08 Å². The van der Waals surface area contributed by atoms with Crippen LogP contribution in [-0.2, 0) is 4.79 Å². The zero-order chi connectivity index (χ0) is 20.7. The molecule has 6 heteroatoms. The first-order valence-electron chi connectivity index (χ1n) is 8.30. The van der Waals surface area contributed by atoms with Gasteiger partial charge in [0.05, 0.1) is 7.11 Å². The van der Waals surface area contributed by atoms with Gasteiger partial charge in [0.2, 0.25) is 11.8 Å². The van der Waals surface area contributed by atoms with Crippen LogP contribution in [0.15, 0.2) is 42.6 Å². The zero-order valence-electron chi connectivity index (χ0n) is 16.0. The van der Waals surface area contributed by atoms with Crippen molar-refractivity contribution in [1.82, 2.24) is 10.3 Å². The number of ether oxygens (including phenoxy) is 2. The Bertz CT molecular complexity index is 741. The molecule has 2 rings (SSSR count). The molecule has 0 fully saturated rings. The number of amides is 1. The molecular weight excluding hydrogens is 347 g/mol. The minimum absolute atomic E-state index is 0.0470. The van der Waals surface area contributed by atoms with Gasteiger partial charge in [-0.1, -0.05) is 26.0 Å². The van der Waals surface area contributed by atoms with Crippen LogP contribution in [0.4, 0.5) is 4.39 Å². The molecule has 0 saturated heterocycles. The van der Waals surface area contributed by atoms with Gasteiger partial charge in [0, 0.05) is 31.8 Å². The van der Waals surface area contributed by atoms with Gasteiger partial charge in [-0.25, -0.2) is 9.37 Å². The van der Waals surface area contributed by atoms with Crippen molar-refractivity contribution in [3.63, 3.8) is 0 Å². The summed E-state index contributed by atoms with van der Waals surface area (Å²) in [6, 6.07) is 7.66. The Morgan fingerprint density at radius 3 is 2.52 bits per heavy atom. The summed E-state index contributed by atoms with van der Waals surface area (Å²) in [5.41, 5.74) is 0.841. The SMILES string of the molecule is C#C.CC.COc1ccc(F)c(Oc2ccc(/C=C/CNC(C)=O)cn2)c1. The van der Waals surface area contributed by atoms with Gasteiger partial charge in [0.1, 0.15) is 5.75 Å². The van der Waals surface area contributed by atoms with Crippen LogP contribution < -0.4 is 14.8 Å². The molecule has 0 aliphatic carbocycles. The molecule has 1 heterocycles. The largest absolute Gasteiger partial charge is 0.497 e. The summed E-state index contributed by atoms with van der Waals surface area (Å²) in [7, 11) is 1.50. The number of nitrogens with one attached hydrogen (secondary N) is 1. The van der Waals surface area contributed by atoms with Crippen molar-refractivity contribution in [2.45, 2.75) is 20.8 Å². The van der Waals surface area contributed by atoms with E-state index in [1.165, 1.54) is 32.2 Å². The average Bonchev–Trinajstić information content (AvgIpc) is 2.71. The predicted molar refractivity (Wildman–Crippen MR) is 106 cm³/mol. The maximum absolute atomic E-state index is 13.7. The van der Waals surface area contributed by atoms with E-state index in [9.17, 15) is 9.18 Å². The third-order valence-corrected chi connectivity index (χ3v) is 2.89. The summed E-state index contributed by atoms with van der Waals surface area (Å²) >= 11 is 0. The molecule has 0 unspecified atom stereocenters. The van der Waals surface area contributed by atoms with Crippen LogP contribution in [0.1, 0.15) is 26.3 Å². The van der Waals surface area contributed by atoms with Crippen molar-refractivity contribution < 1.29 is 18.7 Å². The molecule has 0 saturated carbocycles. The maximum atomic E-state index is 13.7. The molecule has 1 N–H and O–H groups in total. The molecule has 0 atom stereocenters. The topological polar surface area (TPSA) is 60.5 Å². The number of hydrogen-bond acceptors (Lipinski definition) is 4. The molecule has 1 aromatic carbocycles. The highest BCUT2D eigenvalue weighted by molar-refractivity contribution is 5.73. The number of rotatable bonds is 6. The van der Waals surface area contributed by atoms with Crippen molar-refractivity contribution in [3.05, 3.63) is 54.0 Å². The highest BCUT2D eigenvalue weighted by Crippen LogP contribution is 2.27. The van der Waals surface area contributed by atoms with Crippen molar-refractivity contribution in [3.8, 4) is 30.2 Å². The summed E-state index contributed by atoms with van der Waals surface area (Å²) in [5, 5.41) is 2.65. The van der Waals surface area contributed by atoms with E-state index >= 15 is 0 Å². The Kier molecular flexibility index (Phi) is 12.2. The lowest BCUT2D eigenvalue weighted by atomic mass is 10.2. The fourth-order valence-corrected chi connectivity index (χ4v) is 1.75. The summed E-state index contributed by atoms with van der Waals surface area (Å²) in [6.45, 7) is 5.90. The van der Waals surface area contributed by atoms with Gasteiger partial charge < -0.3 is 14.8 Å². The third-order valence-electron chi connectivity index (χ3n) is 2.89. The number of carbonyl (C=O) groups excluding carboxylic acids is 1. The fraction of sp³-hybridized carbons (Fsp3) is 0.238. The van der Waals surface area contributed by atoms with Gasteiger partial charge >= 0.3 is 0 Å². The molecule has 0 spiro atoms. The van der Waals surface area contributed by atoms with Crippen molar-refractivity contribution in [2.24, 2.45) is 0 Å². The van der Waals surface area contributed by atoms with E-state index in [1.807, 2.05) is 19.9 Å². The second kappa shape index (κ2) is 13.9. The zero-order valence-corrected chi connectivity index (χ0v) is 16.0. The molecule has 0 aliphatic rings. The molecule has 27 heavy (non-hydrogen) atoms. The first-order chi connectivity index (χ1) is 13.1. The molecule has 5 nitrogen and oxygen atoms in total. The van der Waals surface area contributed by atoms with Crippen LogP contribution in [-0.4, -0.2) is 24.5 Å². The molecule has 0 aliphatic heterocycles. The highest BCUT2D eigenvalue weighted by Gasteiger charge is 2.07. The molecule has 1 aromatic heterocycles. The average molecular weight is 372 g/mol. The molecular formula is C21H25FN2O3. The van der Waals surface area contributed by atoms with Gasteiger partial charge in [-0.2, -0.15) is 0 Å². The summed E-state index contributed by atoms with van der Waals surface area (Å²) in [6.07, 6.45) is 13.2. The van der Waals surface area contributed by atoms with E-state index in [2.05, 4.69) is 23.1 Å². The van der Waals surface area contributed by atoms with E-state index < -0.39 is 5.82 Å². The number of carbonyl (C=O) groups is 1. The van der Waals surface area contributed by atoms with Crippen molar-refractivity contribution in [2.75, 3.05) is 13.7 Å². The first-order valence-corrected chi connectivity index (χ1v) is 8.30. The van der Waals surface area contributed by atoms with Gasteiger partial charge in [-0.05, 0) is 23.8 Å². The highest BCUT2D eigenvalue weighted by atomic mass is 19.1. The van der Waals surface area contributed by atoms with E-state index in [1.54, 1.807) is 24.4 Å². The quantitative estimate of drug-likeness (QED) is 0.761. The second-order valence-corrected chi connectivity index (χ2v) is 4.67. The minimum atomic E-state index is -0.494. The van der Waals surface area contributed by atoms with Crippen LogP contribution >= 0.6 is 0 Å². The molecule has 0 radical (unpaired) electrons. The van der Waals surface area contributed by atoms with Gasteiger partial charge in [-0.3, -0.25) is 4.79 Å². The minimum Gasteiger partial charge on any atom is -0.497 e. The predicted octanol–water partition coefficient (Wildman–Crippen LogP) is 4.45. The molecule has 2 aromatic rings. The number of halogens is 1. The van der Waals surface area contributed by atoms with Crippen LogP contribution in [0.2, 0.25) is 0 Å². The fourth-order valence-electron chi connectivity index (χ4n) is 1.75. The first kappa shape index (κ1) is 23.7. The lowest BCUT2D eigenvalue weighted by Crippen LogP contribution is -2.19. The number of aromatic nitrogens is 1. The number of terminal acetylenes is 1. The standard InChI is InChI=1S/C17H17FN2O3.C2H6.C2H2/c1-12(21)19-9-3-4-13-5-8-17(20-11-13)23-16-10-14(22-2)6-7-15(16)18;2*1-2/h3-8,10-11H,9H2,1-2H3,(H,19,21);1-2H3;1-2H/b4-3+;;. The lowest BCUT2D eigenvalue weighted by molar-refractivity contribution is -0.118. The number of benzene rings is 1. The van der Waals surface area contributed by atoms with Crippen LogP contribution in [0.5, 0.6) is 17.4 Å². The van der Waals surface area contributed by atoms with E-state index in [0.29, 0.717) is 12.3 Å². The van der Waals surface area contributed by atoms with Crippen LogP contribution in [0, 0.1) is 18.7 Å². The maximum Gasteiger partial charge on any atom is 0.219 e. The number of methoxy groups -OCH3 is 1. The summed E-state index contributed by atoms with van der Waals surface area (Å²) < 4.78 is 24.1. The van der Waals surface area contributed by atoms with Crippen molar-refractivity contribution in [1.29, 1.82) is 0 Å². The molecule has 1 amide bonds. The van der Waals surface area contributed by atoms with Crippen LogP contribution in [0.3, 0.4) is 0 Å². The number of hydrogen-bond donors (Lipinski definition) is 1. The normalized spacial score (nSPS) is 9.30. The lowest BCUT2D eigenvalue weighted by Gasteiger charge is -2.07. The molecule has 0 bridgehead atoms. The Labute approximate surface area is 160 Å². The summed E-state index contributed by atoms with van der Waals surface area (Å²) in [5.74, 6) is 0.240. The number of pyridine rings is 1. The van der Waals surface area contributed by atoms with E-state index in [-0.39, 0.29) is 17.5 Å².